The van der Waals surface area contributed by atoms with E-state index in [0.717, 1.165) is 34.6 Å². The molecule has 4 nitrogen and oxygen atoms in total. The highest BCUT2D eigenvalue weighted by Gasteiger charge is 2.58. The molecule has 208 valence electrons. The molecule has 0 aromatic carbocycles. The molecule has 4 heterocycles. The zero-order valence-electron chi connectivity index (χ0n) is 24.7. The predicted molar refractivity (Wildman–Crippen MR) is 164 cm³/mol. The molecular weight excluding hydrogens is 500 g/mol. The van der Waals surface area contributed by atoms with Crippen LogP contribution in [0.1, 0.15) is 106 Å². The minimum atomic E-state index is 0.357. The first kappa shape index (κ1) is 25.3. The molecule has 6 aliphatic rings. The summed E-state index contributed by atoms with van der Waals surface area (Å²) < 4.78 is 0. The van der Waals surface area contributed by atoms with Crippen molar-refractivity contribution in [2.45, 2.75) is 83.5 Å². The molecule has 41 heavy (non-hydrogen) atoms. The Balaban J connectivity index is 1.09. The Morgan fingerprint density at radius 1 is 0.585 bits per heavy atom. The molecule has 0 saturated heterocycles. The van der Waals surface area contributed by atoms with Gasteiger partial charge < -0.3 is 0 Å². The average molecular weight is 541 g/mol. The molecule has 2 saturated carbocycles. The van der Waals surface area contributed by atoms with Crippen LogP contribution in [0.4, 0.5) is 0 Å². The highest BCUT2D eigenvalue weighted by atomic mass is 14.8. The van der Waals surface area contributed by atoms with E-state index in [1.807, 2.05) is 24.5 Å². The van der Waals surface area contributed by atoms with Crippen molar-refractivity contribution in [2.24, 2.45) is 22.7 Å². The first-order valence-corrected chi connectivity index (χ1v) is 15.7. The van der Waals surface area contributed by atoms with Crippen molar-refractivity contribution in [3.8, 4) is 22.8 Å². The Morgan fingerprint density at radius 3 is 1.44 bits per heavy atom. The van der Waals surface area contributed by atoms with Crippen molar-refractivity contribution in [1.29, 1.82) is 0 Å². The van der Waals surface area contributed by atoms with E-state index in [4.69, 9.17) is 9.97 Å². The minimum Gasteiger partial charge on any atom is -0.255 e. The van der Waals surface area contributed by atoms with Gasteiger partial charge in [-0.25, -0.2) is 0 Å². The fourth-order valence-electron chi connectivity index (χ4n) is 9.54. The summed E-state index contributed by atoms with van der Waals surface area (Å²) in [6.07, 6.45) is 14.5. The standard InChI is InChI=1S/C37H40N4/c1-36(2)28-18-30(36)26-20-40-34(32-12-5-7-14-38-32)16-24(26)22(28)10-9-11-23-25-17-35(33-13-6-8-15-39-33)41-21-27(25)31-19-29(23)37(31,3)4/h5-8,12-17,20-23,28-31H,9-11,18-19H2,1-4H3/t22-,23-,28+,29+,30-,31-/m1/s1. The molecule has 10 rings (SSSR count). The van der Waals surface area contributed by atoms with Crippen LogP contribution >= 0.6 is 0 Å². The molecule has 0 unspecified atom stereocenters. The SMILES string of the molecule is CC1(C)[C@@H]2C[C@H]1[C@H](CCC[C@@H]1c3cc(-c4ccccn4)ncc3[C@H]3C[C@@H]1C3(C)C)c1cc(-c3ccccn3)ncc12. The Hall–Kier alpha value is -3.40. The van der Waals surface area contributed by atoms with Gasteiger partial charge in [-0.2, -0.15) is 0 Å². The van der Waals surface area contributed by atoms with Crippen LogP contribution in [0.2, 0.25) is 0 Å². The third-order valence-corrected chi connectivity index (χ3v) is 12.0. The van der Waals surface area contributed by atoms with Gasteiger partial charge in [0.15, 0.2) is 0 Å². The van der Waals surface area contributed by atoms with Gasteiger partial charge in [0.1, 0.15) is 0 Å². The van der Waals surface area contributed by atoms with Crippen LogP contribution in [0.3, 0.4) is 0 Å². The average Bonchev–Trinajstić information content (AvgIpc) is 3.00. The summed E-state index contributed by atoms with van der Waals surface area (Å²) in [6.45, 7) is 9.98. The molecule has 0 spiro atoms. The number of aromatic nitrogens is 4. The summed E-state index contributed by atoms with van der Waals surface area (Å²) in [5.41, 5.74) is 10.8. The maximum Gasteiger partial charge on any atom is 0.0889 e. The topological polar surface area (TPSA) is 51.6 Å². The highest BCUT2D eigenvalue weighted by molar-refractivity contribution is 5.59. The van der Waals surface area contributed by atoms with Crippen molar-refractivity contribution in [2.75, 3.05) is 0 Å². The summed E-state index contributed by atoms with van der Waals surface area (Å²) in [7, 11) is 0. The number of hydrogen-bond acceptors (Lipinski definition) is 4. The summed E-state index contributed by atoms with van der Waals surface area (Å²) >= 11 is 0. The van der Waals surface area contributed by atoms with Gasteiger partial charge in [-0.15, -0.1) is 0 Å². The van der Waals surface area contributed by atoms with Crippen molar-refractivity contribution in [1.82, 2.24) is 19.9 Å². The zero-order valence-corrected chi connectivity index (χ0v) is 24.7. The van der Waals surface area contributed by atoms with E-state index >= 15 is 0 Å². The Kier molecular flexibility index (Phi) is 5.59. The predicted octanol–water partition coefficient (Wildman–Crippen LogP) is 8.92. The lowest BCUT2D eigenvalue weighted by molar-refractivity contribution is -0.0158. The summed E-state index contributed by atoms with van der Waals surface area (Å²) in [4.78, 5) is 19.0. The van der Waals surface area contributed by atoms with Crippen LogP contribution in [-0.2, 0) is 0 Å². The first-order chi connectivity index (χ1) is 19.8. The van der Waals surface area contributed by atoms with Crippen molar-refractivity contribution in [3.63, 3.8) is 0 Å². The van der Waals surface area contributed by atoms with E-state index < -0.39 is 0 Å². The highest BCUT2D eigenvalue weighted by Crippen LogP contribution is 2.69. The summed E-state index contributed by atoms with van der Waals surface area (Å²) in [5.74, 6) is 3.98. The van der Waals surface area contributed by atoms with Gasteiger partial charge in [0, 0.05) is 24.8 Å². The molecule has 4 bridgehead atoms. The molecule has 6 atom stereocenters. The van der Waals surface area contributed by atoms with Gasteiger partial charge >= 0.3 is 0 Å². The van der Waals surface area contributed by atoms with E-state index in [-0.39, 0.29) is 0 Å². The molecule has 0 radical (unpaired) electrons. The van der Waals surface area contributed by atoms with Gasteiger partial charge in [0.05, 0.1) is 22.8 Å². The molecule has 4 aromatic heterocycles. The minimum absolute atomic E-state index is 0.357. The lowest BCUT2D eigenvalue weighted by atomic mass is 9.43. The molecule has 0 N–H and O–H groups in total. The second-order valence-electron chi connectivity index (χ2n) is 14.4. The molecule has 0 amide bonds. The Morgan fingerprint density at radius 2 is 1.05 bits per heavy atom. The van der Waals surface area contributed by atoms with Gasteiger partial charge in [0.25, 0.3) is 0 Å². The van der Waals surface area contributed by atoms with Crippen LogP contribution in [-0.4, -0.2) is 19.9 Å². The number of hydrogen-bond donors (Lipinski definition) is 0. The molecular formula is C37H40N4. The fourth-order valence-corrected chi connectivity index (χ4v) is 9.54. The van der Waals surface area contributed by atoms with Gasteiger partial charge in [-0.3, -0.25) is 19.9 Å². The van der Waals surface area contributed by atoms with Crippen molar-refractivity contribution < 1.29 is 0 Å². The molecule has 2 fully saturated rings. The second kappa shape index (κ2) is 9.05. The van der Waals surface area contributed by atoms with Gasteiger partial charge in [0.2, 0.25) is 0 Å². The van der Waals surface area contributed by atoms with Crippen molar-refractivity contribution in [3.05, 3.63) is 95.6 Å². The van der Waals surface area contributed by atoms with Gasteiger partial charge in [-0.05, 0) is 131 Å². The monoisotopic (exact) mass is 540 g/mol. The zero-order chi connectivity index (χ0) is 27.9. The largest absolute Gasteiger partial charge is 0.255 e. The third-order valence-electron chi connectivity index (χ3n) is 12.0. The smallest absolute Gasteiger partial charge is 0.0889 e. The number of pyridine rings is 4. The lowest BCUT2D eigenvalue weighted by Gasteiger charge is -2.61. The van der Waals surface area contributed by atoms with Crippen LogP contribution < -0.4 is 0 Å². The number of rotatable bonds is 6. The van der Waals surface area contributed by atoms with Crippen LogP contribution in [0, 0.1) is 22.7 Å². The van der Waals surface area contributed by atoms with Crippen LogP contribution in [0.5, 0.6) is 0 Å². The van der Waals surface area contributed by atoms with Crippen LogP contribution in [0.15, 0.2) is 73.3 Å². The van der Waals surface area contributed by atoms with Gasteiger partial charge in [-0.1, -0.05) is 46.2 Å². The summed E-state index contributed by atoms with van der Waals surface area (Å²) in [6, 6.07) is 17.0. The maximum absolute atomic E-state index is 4.91. The normalized spacial score (nSPS) is 29.5. The maximum atomic E-state index is 4.91. The third kappa shape index (κ3) is 3.72. The molecule has 0 aliphatic heterocycles. The van der Waals surface area contributed by atoms with Crippen LogP contribution in [0.25, 0.3) is 22.8 Å². The quantitative estimate of drug-likeness (QED) is 0.245. The van der Waals surface area contributed by atoms with E-state index in [9.17, 15) is 0 Å². The van der Waals surface area contributed by atoms with E-state index in [1.54, 1.807) is 11.1 Å². The van der Waals surface area contributed by atoms with Crippen molar-refractivity contribution >= 4 is 0 Å². The lowest BCUT2D eigenvalue weighted by Crippen LogP contribution is -2.51. The fraction of sp³-hybridized carbons (Fsp3) is 0.459. The Labute approximate surface area is 244 Å². The first-order valence-electron chi connectivity index (χ1n) is 15.7. The van der Waals surface area contributed by atoms with E-state index in [0.29, 0.717) is 34.5 Å². The molecule has 4 aromatic rings. The molecule has 6 aliphatic carbocycles. The van der Waals surface area contributed by atoms with E-state index in [2.05, 4.69) is 86.5 Å². The molecule has 4 heteroatoms. The Bertz CT molecular complexity index is 1490. The van der Waals surface area contributed by atoms with E-state index in [1.165, 1.54) is 43.2 Å². The number of nitrogens with zero attached hydrogens (tertiary/aromatic N) is 4. The second-order valence-corrected chi connectivity index (χ2v) is 14.4. The summed E-state index contributed by atoms with van der Waals surface area (Å²) in [5, 5.41) is 0.